The van der Waals surface area contributed by atoms with E-state index in [4.69, 9.17) is 16.3 Å². The summed E-state index contributed by atoms with van der Waals surface area (Å²) in [5.74, 6) is 0.119. The molecule has 0 aliphatic rings. The maximum atomic E-state index is 11.6. The highest BCUT2D eigenvalue weighted by Crippen LogP contribution is 2.24. The number of carbonyl (C=O) groups is 1. The summed E-state index contributed by atoms with van der Waals surface area (Å²) in [6.45, 7) is -0.192. The van der Waals surface area contributed by atoms with Crippen LogP contribution in [0, 0.1) is 10.1 Å². The number of halogens is 1. The monoisotopic (exact) mass is 333 g/mol. The maximum Gasteiger partial charge on any atom is 0.288 e. The van der Waals surface area contributed by atoms with Gasteiger partial charge in [0, 0.05) is 11.6 Å². The van der Waals surface area contributed by atoms with E-state index in [2.05, 4.69) is 10.5 Å². The lowest BCUT2D eigenvalue weighted by atomic mass is 10.2. The summed E-state index contributed by atoms with van der Waals surface area (Å²) in [5, 5.41) is 14.5. The minimum Gasteiger partial charge on any atom is -0.484 e. The van der Waals surface area contributed by atoms with Crippen LogP contribution in [0.5, 0.6) is 5.75 Å². The Morgan fingerprint density at radius 3 is 2.74 bits per heavy atom. The summed E-state index contributed by atoms with van der Waals surface area (Å²) in [6, 6.07) is 13.1. The molecule has 2 aromatic carbocycles. The zero-order chi connectivity index (χ0) is 16.7. The average Bonchev–Trinajstić information content (AvgIpc) is 2.55. The normalized spacial score (nSPS) is 10.5. The molecule has 0 aliphatic heterocycles. The Kier molecular flexibility index (Phi) is 5.65. The molecule has 8 heteroatoms. The Morgan fingerprint density at radius 1 is 1.30 bits per heavy atom. The van der Waals surface area contributed by atoms with Crippen LogP contribution in [0.1, 0.15) is 5.56 Å². The number of hydrogen-bond donors (Lipinski definition) is 1. The second kappa shape index (κ2) is 7.90. The molecule has 2 aromatic rings. The summed E-state index contributed by atoms with van der Waals surface area (Å²) < 4.78 is 5.24. The number of benzene rings is 2. The number of hydrogen-bond acceptors (Lipinski definition) is 5. The number of para-hydroxylation sites is 1. The van der Waals surface area contributed by atoms with Gasteiger partial charge in [-0.05, 0) is 18.2 Å². The van der Waals surface area contributed by atoms with Gasteiger partial charge in [0.2, 0.25) is 0 Å². The maximum absolute atomic E-state index is 11.6. The molecule has 0 aromatic heterocycles. The lowest BCUT2D eigenvalue weighted by Gasteiger charge is -2.04. The first-order valence-electron chi connectivity index (χ1n) is 6.50. The second-order valence-corrected chi connectivity index (χ2v) is 4.77. The van der Waals surface area contributed by atoms with Crippen LogP contribution in [0.4, 0.5) is 5.69 Å². The van der Waals surface area contributed by atoms with Crippen LogP contribution in [0.15, 0.2) is 53.6 Å². The number of rotatable bonds is 6. The first-order valence-corrected chi connectivity index (χ1v) is 6.88. The zero-order valence-corrected chi connectivity index (χ0v) is 12.6. The molecule has 0 aliphatic carbocycles. The number of nitrogens with zero attached hydrogens (tertiary/aromatic N) is 2. The molecular weight excluding hydrogens is 322 g/mol. The summed E-state index contributed by atoms with van der Waals surface area (Å²) in [6.07, 6.45) is 1.28. The largest absolute Gasteiger partial charge is 0.484 e. The van der Waals surface area contributed by atoms with Crippen molar-refractivity contribution >= 4 is 29.4 Å². The van der Waals surface area contributed by atoms with Crippen LogP contribution in [-0.2, 0) is 4.79 Å². The van der Waals surface area contributed by atoms with Crippen LogP contribution in [-0.4, -0.2) is 23.7 Å². The van der Waals surface area contributed by atoms with Crippen molar-refractivity contribution in [2.24, 2.45) is 5.10 Å². The van der Waals surface area contributed by atoms with Crippen LogP contribution in [0.3, 0.4) is 0 Å². The van der Waals surface area contributed by atoms with Gasteiger partial charge in [-0.2, -0.15) is 5.10 Å². The van der Waals surface area contributed by atoms with E-state index in [9.17, 15) is 14.9 Å². The Morgan fingerprint density at radius 2 is 2.04 bits per heavy atom. The fourth-order valence-electron chi connectivity index (χ4n) is 1.63. The molecule has 0 spiro atoms. The predicted molar refractivity (Wildman–Crippen MR) is 85.8 cm³/mol. The first-order chi connectivity index (χ1) is 11.1. The summed E-state index contributed by atoms with van der Waals surface area (Å²) in [4.78, 5) is 21.7. The first kappa shape index (κ1) is 16.4. The Labute approximate surface area is 136 Å². The highest BCUT2D eigenvalue weighted by Gasteiger charge is 2.11. The van der Waals surface area contributed by atoms with E-state index in [1.54, 1.807) is 30.3 Å². The van der Waals surface area contributed by atoms with E-state index in [1.807, 2.05) is 6.07 Å². The van der Waals surface area contributed by atoms with Gasteiger partial charge in [-0.15, -0.1) is 0 Å². The van der Waals surface area contributed by atoms with Gasteiger partial charge in [0.25, 0.3) is 11.6 Å². The highest BCUT2D eigenvalue weighted by atomic mass is 35.5. The zero-order valence-electron chi connectivity index (χ0n) is 11.8. The number of nitrogens with one attached hydrogen (secondary N) is 1. The predicted octanol–water partition coefficient (Wildman–Crippen LogP) is 2.78. The molecule has 0 unspecified atom stereocenters. The molecule has 0 bridgehead atoms. The third-order valence-corrected chi connectivity index (χ3v) is 3.00. The van der Waals surface area contributed by atoms with Crippen molar-refractivity contribution in [1.82, 2.24) is 5.43 Å². The molecule has 118 valence electrons. The number of carbonyl (C=O) groups excluding carboxylic acids is 1. The van der Waals surface area contributed by atoms with Crippen LogP contribution >= 0.6 is 11.6 Å². The SMILES string of the molecule is O=C(COc1ccccc1)N/N=C/c1ccc(Cl)c([N+](=O)[O-])c1. The second-order valence-electron chi connectivity index (χ2n) is 4.36. The molecule has 0 heterocycles. The van der Waals surface area contributed by atoms with Gasteiger partial charge in [0.15, 0.2) is 6.61 Å². The number of nitro groups is 1. The van der Waals surface area contributed by atoms with Gasteiger partial charge in [0.05, 0.1) is 11.1 Å². The van der Waals surface area contributed by atoms with Gasteiger partial charge in [-0.25, -0.2) is 5.43 Å². The fraction of sp³-hybridized carbons (Fsp3) is 0.0667. The standard InChI is InChI=1S/C15H12ClN3O4/c16-13-7-6-11(8-14(13)19(21)22)9-17-18-15(20)10-23-12-4-2-1-3-5-12/h1-9H,10H2,(H,18,20)/b17-9+. The highest BCUT2D eigenvalue weighted by molar-refractivity contribution is 6.32. The van der Waals surface area contributed by atoms with Crippen molar-refractivity contribution in [2.75, 3.05) is 6.61 Å². The summed E-state index contributed by atoms with van der Waals surface area (Å²) in [5.41, 5.74) is 2.48. The molecule has 0 atom stereocenters. The van der Waals surface area contributed by atoms with Crippen molar-refractivity contribution in [1.29, 1.82) is 0 Å². The lowest BCUT2D eigenvalue weighted by molar-refractivity contribution is -0.384. The van der Waals surface area contributed by atoms with Gasteiger partial charge < -0.3 is 4.74 Å². The van der Waals surface area contributed by atoms with Gasteiger partial charge in [0.1, 0.15) is 10.8 Å². The molecule has 0 fully saturated rings. The summed E-state index contributed by atoms with van der Waals surface area (Å²) in [7, 11) is 0. The number of hydrazone groups is 1. The minimum absolute atomic E-state index is 0.0347. The van der Waals surface area contributed by atoms with E-state index in [1.165, 1.54) is 18.3 Å². The molecule has 23 heavy (non-hydrogen) atoms. The van der Waals surface area contributed by atoms with Gasteiger partial charge in [-0.3, -0.25) is 14.9 Å². The van der Waals surface area contributed by atoms with Crippen LogP contribution in [0.25, 0.3) is 0 Å². The Bertz CT molecular complexity index is 735. The Hall–Kier alpha value is -2.93. The average molecular weight is 334 g/mol. The molecule has 2 rings (SSSR count). The molecule has 0 saturated carbocycles. The van der Waals surface area contributed by atoms with E-state index in [-0.39, 0.29) is 17.3 Å². The third-order valence-electron chi connectivity index (χ3n) is 2.68. The van der Waals surface area contributed by atoms with Crippen molar-refractivity contribution in [3.63, 3.8) is 0 Å². The molecule has 7 nitrogen and oxygen atoms in total. The van der Waals surface area contributed by atoms with E-state index >= 15 is 0 Å². The van der Waals surface area contributed by atoms with Gasteiger partial charge >= 0.3 is 0 Å². The Balaban J connectivity index is 1.87. The number of amides is 1. The van der Waals surface area contributed by atoms with Crippen LogP contribution < -0.4 is 10.2 Å². The van der Waals surface area contributed by atoms with Gasteiger partial charge in [-0.1, -0.05) is 35.9 Å². The lowest BCUT2D eigenvalue weighted by Crippen LogP contribution is -2.24. The number of ether oxygens (including phenoxy) is 1. The quantitative estimate of drug-likeness (QED) is 0.499. The molecule has 1 N–H and O–H groups in total. The van der Waals surface area contributed by atoms with Crippen molar-refractivity contribution in [3.8, 4) is 5.75 Å². The molecule has 0 radical (unpaired) electrons. The van der Waals surface area contributed by atoms with E-state index in [0.29, 0.717) is 11.3 Å². The van der Waals surface area contributed by atoms with Crippen molar-refractivity contribution < 1.29 is 14.5 Å². The fourth-order valence-corrected chi connectivity index (χ4v) is 1.81. The van der Waals surface area contributed by atoms with Crippen molar-refractivity contribution in [3.05, 3.63) is 69.2 Å². The van der Waals surface area contributed by atoms with E-state index < -0.39 is 10.8 Å². The third kappa shape index (κ3) is 5.08. The van der Waals surface area contributed by atoms with Crippen LogP contribution in [0.2, 0.25) is 5.02 Å². The number of nitro benzene ring substituents is 1. The summed E-state index contributed by atoms with van der Waals surface area (Å²) >= 11 is 5.70. The molecular formula is C15H12ClN3O4. The smallest absolute Gasteiger partial charge is 0.288 e. The minimum atomic E-state index is -0.591. The van der Waals surface area contributed by atoms with E-state index in [0.717, 1.165) is 0 Å². The molecule has 1 amide bonds. The molecule has 0 saturated heterocycles. The van der Waals surface area contributed by atoms with Crippen molar-refractivity contribution in [2.45, 2.75) is 0 Å². The topological polar surface area (TPSA) is 93.8 Å².